The van der Waals surface area contributed by atoms with Gasteiger partial charge in [-0.3, -0.25) is 9.36 Å². The van der Waals surface area contributed by atoms with E-state index >= 15 is 0 Å². The van der Waals surface area contributed by atoms with Crippen LogP contribution in [0.15, 0.2) is 100 Å². The summed E-state index contributed by atoms with van der Waals surface area (Å²) in [6, 6.07) is 29.6. The lowest BCUT2D eigenvalue weighted by atomic mass is 10.1. The maximum Gasteiger partial charge on any atom is 0.266 e. The largest absolute Gasteiger partial charge is 0.268 e. The van der Waals surface area contributed by atoms with Crippen LogP contribution in [0.1, 0.15) is 11.4 Å². The van der Waals surface area contributed by atoms with Crippen LogP contribution in [-0.4, -0.2) is 9.55 Å². The molecule has 0 bridgehead atoms. The molecular weight excluding hydrogens is 436 g/mol. The molecule has 0 unspecified atom stereocenters. The van der Waals surface area contributed by atoms with Crippen molar-refractivity contribution in [2.45, 2.75) is 0 Å². The molecule has 0 N–H and O–H groups in total. The Labute approximate surface area is 182 Å². The minimum Gasteiger partial charge on any atom is -0.268 e. The summed E-state index contributed by atoms with van der Waals surface area (Å²) in [7, 11) is 0. The lowest BCUT2D eigenvalue weighted by Gasteiger charge is -2.14. The van der Waals surface area contributed by atoms with Gasteiger partial charge in [-0.2, -0.15) is 0 Å². The van der Waals surface area contributed by atoms with Crippen molar-refractivity contribution in [1.82, 2.24) is 9.55 Å². The van der Waals surface area contributed by atoms with E-state index in [4.69, 9.17) is 4.98 Å². The van der Waals surface area contributed by atoms with Gasteiger partial charge in [-0.25, -0.2) is 4.98 Å². The van der Waals surface area contributed by atoms with E-state index < -0.39 is 0 Å². The fourth-order valence-corrected chi connectivity index (χ4v) is 3.91. The second kappa shape index (κ2) is 7.73. The van der Waals surface area contributed by atoms with Gasteiger partial charge in [0.25, 0.3) is 5.56 Å². The Hall–Kier alpha value is -3.50. The third-order valence-corrected chi connectivity index (χ3v) is 5.63. The molecule has 4 aromatic carbocycles. The smallest absolute Gasteiger partial charge is 0.266 e. The molecule has 0 saturated heterocycles. The first kappa shape index (κ1) is 18.5. The summed E-state index contributed by atoms with van der Waals surface area (Å²) in [5, 5.41) is 2.70. The molecule has 0 saturated carbocycles. The zero-order valence-electron chi connectivity index (χ0n) is 16.0. The average molecular weight is 453 g/mol. The Morgan fingerprint density at radius 3 is 2.27 bits per heavy atom. The minimum atomic E-state index is -0.0765. The van der Waals surface area contributed by atoms with E-state index in [-0.39, 0.29) is 5.56 Å². The van der Waals surface area contributed by atoms with Gasteiger partial charge in [-0.05, 0) is 47.4 Å². The van der Waals surface area contributed by atoms with Crippen LogP contribution in [0.3, 0.4) is 0 Å². The van der Waals surface area contributed by atoms with Crippen molar-refractivity contribution in [3.05, 3.63) is 117 Å². The molecule has 0 amide bonds. The lowest BCUT2D eigenvalue weighted by Crippen LogP contribution is -2.22. The van der Waals surface area contributed by atoms with E-state index in [1.807, 2.05) is 91.0 Å². The van der Waals surface area contributed by atoms with Gasteiger partial charge in [-0.15, -0.1) is 0 Å². The van der Waals surface area contributed by atoms with Gasteiger partial charge >= 0.3 is 0 Å². The molecule has 0 aliphatic rings. The molecule has 0 radical (unpaired) electrons. The zero-order chi connectivity index (χ0) is 20.5. The van der Waals surface area contributed by atoms with Crippen molar-refractivity contribution < 1.29 is 0 Å². The summed E-state index contributed by atoms with van der Waals surface area (Å²) >= 11 is 3.46. The van der Waals surface area contributed by atoms with E-state index in [9.17, 15) is 4.79 Å². The highest BCUT2D eigenvalue weighted by atomic mass is 79.9. The number of rotatable bonds is 3. The third kappa shape index (κ3) is 3.36. The molecule has 1 heterocycles. The third-order valence-electron chi connectivity index (χ3n) is 5.10. The molecule has 144 valence electrons. The number of hydrogen-bond donors (Lipinski definition) is 0. The SMILES string of the molecule is O=c1c2ccccc2nc(C=Cc2ccc(Br)cc2)n1-c1cccc2ccccc12. The van der Waals surface area contributed by atoms with Gasteiger partial charge in [0.2, 0.25) is 0 Å². The molecule has 0 aliphatic heterocycles. The van der Waals surface area contributed by atoms with E-state index in [1.165, 1.54) is 0 Å². The normalized spacial score (nSPS) is 11.5. The second-order valence-corrected chi connectivity index (χ2v) is 7.93. The Balaban J connectivity index is 1.79. The molecule has 0 spiro atoms. The van der Waals surface area contributed by atoms with Crippen molar-refractivity contribution in [3.8, 4) is 5.69 Å². The van der Waals surface area contributed by atoms with Crippen molar-refractivity contribution >= 4 is 49.8 Å². The number of hydrogen-bond acceptors (Lipinski definition) is 2. The number of benzene rings is 4. The first-order valence-corrected chi connectivity index (χ1v) is 10.4. The number of nitrogens with zero attached hydrogens (tertiary/aromatic N) is 2. The maximum absolute atomic E-state index is 13.5. The summed E-state index contributed by atoms with van der Waals surface area (Å²) in [6.45, 7) is 0. The first-order chi connectivity index (χ1) is 14.7. The molecule has 0 fully saturated rings. The van der Waals surface area contributed by atoms with Crippen LogP contribution < -0.4 is 5.56 Å². The molecule has 4 heteroatoms. The average Bonchev–Trinajstić information content (AvgIpc) is 2.79. The first-order valence-electron chi connectivity index (χ1n) is 9.64. The molecule has 5 aromatic rings. The van der Waals surface area contributed by atoms with Gasteiger partial charge in [0.15, 0.2) is 0 Å². The molecule has 0 aliphatic carbocycles. The summed E-state index contributed by atoms with van der Waals surface area (Å²) in [5.74, 6) is 0.595. The molecule has 0 atom stereocenters. The van der Waals surface area contributed by atoms with E-state index in [0.29, 0.717) is 16.7 Å². The zero-order valence-corrected chi connectivity index (χ0v) is 17.6. The van der Waals surface area contributed by atoms with Crippen LogP contribution in [0.25, 0.3) is 39.5 Å². The standard InChI is InChI=1S/C26H17BrN2O/c27-20-15-12-18(13-16-20)14-17-25-28-23-10-4-3-9-22(23)26(30)29(25)24-11-5-7-19-6-1-2-8-21(19)24/h1-17H. The van der Waals surface area contributed by atoms with Crippen LogP contribution in [0.4, 0.5) is 0 Å². The van der Waals surface area contributed by atoms with E-state index in [2.05, 4.69) is 28.1 Å². The predicted molar refractivity (Wildman–Crippen MR) is 128 cm³/mol. The number of aromatic nitrogens is 2. The topological polar surface area (TPSA) is 34.9 Å². The highest BCUT2D eigenvalue weighted by Crippen LogP contribution is 2.24. The van der Waals surface area contributed by atoms with Crippen LogP contribution in [0.5, 0.6) is 0 Å². The van der Waals surface area contributed by atoms with Crippen LogP contribution in [0, 0.1) is 0 Å². The van der Waals surface area contributed by atoms with E-state index in [1.54, 1.807) is 4.57 Å². The summed E-state index contributed by atoms with van der Waals surface area (Å²) in [5.41, 5.74) is 2.47. The lowest BCUT2D eigenvalue weighted by molar-refractivity contribution is 0.952. The maximum atomic E-state index is 13.5. The molecule has 3 nitrogen and oxygen atoms in total. The minimum absolute atomic E-state index is 0.0765. The van der Waals surface area contributed by atoms with Crippen LogP contribution in [0.2, 0.25) is 0 Å². The second-order valence-electron chi connectivity index (χ2n) is 7.01. The Bertz CT molecular complexity index is 1460. The summed E-state index contributed by atoms with van der Waals surface area (Å²) in [6.07, 6.45) is 3.88. The van der Waals surface area contributed by atoms with Crippen molar-refractivity contribution in [3.63, 3.8) is 0 Å². The van der Waals surface area contributed by atoms with Gasteiger partial charge in [0.1, 0.15) is 5.82 Å². The summed E-state index contributed by atoms with van der Waals surface area (Å²) in [4.78, 5) is 18.4. The fourth-order valence-electron chi connectivity index (χ4n) is 3.64. The van der Waals surface area contributed by atoms with Gasteiger partial charge < -0.3 is 0 Å². The number of para-hydroxylation sites is 1. The summed E-state index contributed by atoms with van der Waals surface area (Å²) < 4.78 is 2.73. The fraction of sp³-hybridized carbons (Fsp3) is 0. The Morgan fingerprint density at radius 1 is 0.733 bits per heavy atom. The molecular formula is C26H17BrN2O. The van der Waals surface area contributed by atoms with Gasteiger partial charge in [0, 0.05) is 9.86 Å². The molecule has 5 rings (SSSR count). The van der Waals surface area contributed by atoms with Crippen molar-refractivity contribution in [2.24, 2.45) is 0 Å². The van der Waals surface area contributed by atoms with Crippen LogP contribution >= 0.6 is 15.9 Å². The quantitative estimate of drug-likeness (QED) is 0.314. The molecule has 30 heavy (non-hydrogen) atoms. The number of fused-ring (bicyclic) bond motifs is 2. The highest BCUT2D eigenvalue weighted by molar-refractivity contribution is 9.10. The number of halogens is 1. The Morgan fingerprint density at radius 2 is 1.43 bits per heavy atom. The molecule has 1 aromatic heterocycles. The van der Waals surface area contributed by atoms with E-state index in [0.717, 1.165) is 26.5 Å². The monoisotopic (exact) mass is 452 g/mol. The van der Waals surface area contributed by atoms with Gasteiger partial charge in [-0.1, -0.05) is 82.7 Å². The highest BCUT2D eigenvalue weighted by Gasteiger charge is 2.13. The Kier molecular flexibility index (Phi) is 4.77. The van der Waals surface area contributed by atoms with Gasteiger partial charge in [0.05, 0.1) is 16.6 Å². The van der Waals surface area contributed by atoms with Crippen molar-refractivity contribution in [1.29, 1.82) is 0 Å². The van der Waals surface area contributed by atoms with Crippen molar-refractivity contribution in [2.75, 3.05) is 0 Å². The van der Waals surface area contributed by atoms with Crippen LogP contribution in [-0.2, 0) is 0 Å². The predicted octanol–water partition coefficient (Wildman–Crippen LogP) is 6.47.